The average molecular weight is 399 g/mol. The number of rotatable bonds is 6. The van der Waals surface area contributed by atoms with Crippen LogP contribution in [-0.2, 0) is 9.53 Å². The maximum Gasteiger partial charge on any atom is 0.329 e. The van der Waals surface area contributed by atoms with Gasteiger partial charge < -0.3 is 20.5 Å². The van der Waals surface area contributed by atoms with E-state index in [1.807, 2.05) is 6.07 Å². The highest BCUT2D eigenvalue weighted by molar-refractivity contribution is 14.1. The number of hydrogen-bond donors (Lipinski definition) is 3. The number of halogens is 2. The Morgan fingerprint density at radius 1 is 1.42 bits per heavy atom. The Morgan fingerprint density at radius 2 is 2.16 bits per heavy atom. The van der Waals surface area contributed by atoms with Crippen LogP contribution >= 0.6 is 34.2 Å². The molecule has 8 heteroatoms. The minimum Gasteiger partial charge on any atom is -0.480 e. The topological polar surface area (TPSA) is 87.7 Å². The highest BCUT2D eigenvalue weighted by Crippen LogP contribution is 2.23. The van der Waals surface area contributed by atoms with Crippen LogP contribution in [0.3, 0.4) is 0 Å². The van der Waals surface area contributed by atoms with Gasteiger partial charge in [0.2, 0.25) is 0 Å². The van der Waals surface area contributed by atoms with Crippen molar-refractivity contribution in [2.24, 2.45) is 0 Å². The fourth-order valence-electron chi connectivity index (χ4n) is 1.15. The summed E-state index contributed by atoms with van der Waals surface area (Å²) in [6, 6.07) is 4.82. The van der Waals surface area contributed by atoms with Crippen LogP contribution in [0.2, 0.25) is 5.02 Å². The number of carbonyl (C=O) groups is 2. The molecule has 19 heavy (non-hydrogen) atoms. The van der Waals surface area contributed by atoms with Crippen molar-refractivity contribution < 1.29 is 19.4 Å². The zero-order chi connectivity index (χ0) is 14.3. The largest absolute Gasteiger partial charge is 0.480 e. The van der Waals surface area contributed by atoms with E-state index in [2.05, 4.69) is 33.2 Å². The summed E-state index contributed by atoms with van der Waals surface area (Å²) < 4.78 is 5.73. The Kier molecular flexibility index (Phi) is 6.89. The Bertz CT molecular complexity index is 470. The van der Waals surface area contributed by atoms with Crippen LogP contribution in [0, 0.1) is 3.57 Å². The number of nitrogens with one attached hydrogen (secondary N) is 2. The lowest BCUT2D eigenvalue weighted by molar-refractivity contribution is -0.142. The molecule has 0 heterocycles. The predicted octanol–water partition coefficient (Wildman–Crippen LogP) is 2.17. The van der Waals surface area contributed by atoms with Gasteiger partial charge in [0.1, 0.15) is 6.61 Å². The molecule has 0 saturated heterocycles. The number of carboxylic acid groups (broad SMARTS) is 1. The molecule has 1 rings (SSSR count). The highest BCUT2D eigenvalue weighted by Gasteiger charge is 2.05. The third-order valence-corrected chi connectivity index (χ3v) is 2.92. The van der Waals surface area contributed by atoms with Gasteiger partial charge in [-0.15, -0.1) is 0 Å². The van der Waals surface area contributed by atoms with Crippen molar-refractivity contribution in [1.82, 2.24) is 5.32 Å². The van der Waals surface area contributed by atoms with E-state index in [1.54, 1.807) is 12.1 Å². The summed E-state index contributed by atoms with van der Waals surface area (Å²) in [7, 11) is 0. The van der Waals surface area contributed by atoms with Crippen LogP contribution < -0.4 is 10.6 Å². The fourth-order valence-corrected chi connectivity index (χ4v) is 2.06. The van der Waals surface area contributed by atoms with Crippen LogP contribution in [0.25, 0.3) is 0 Å². The van der Waals surface area contributed by atoms with E-state index in [-0.39, 0.29) is 19.8 Å². The van der Waals surface area contributed by atoms with Crippen molar-refractivity contribution in [3.8, 4) is 0 Å². The van der Waals surface area contributed by atoms with Crippen LogP contribution in [0.1, 0.15) is 0 Å². The standard InChI is InChI=1S/C11H12ClIN2O4/c12-8-5-7(13)1-2-9(8)15-11(18)14-3-4-19-6-10(16)17/h1-2,5H,3-4,6H2,(H,16,17)(H2,14,15,18). The highest BCUT2D eigenvalue weighted by atomic mass is 127. The average Bonchev–Trinajstić information content (AvgIpc) is 2.32. The van der Waals surface area contributed by atoms with Crippen molar-refractivity contribution in [2.45, 2.75) is 0 Å². The molecule has 0 aliphatic carbocycles. The number of anilines is 1. The molecule has 1 aromatic rings. The Labute approximate surface area is 128 Å². The molecule has 0 spiro atoms. The molecule has 3 N–H and O–H groups in total. The molecule has 6 nitrogen and oxygen atoms in total. The predicted molar refractivity (Wildman–Crippen MR) is 79.6 cm³/mol. The lowest BCUT2D eigenvalue weighted by Crippen LogP contribution is -2.32. The number of carbonyl (C=O) groups excluding carboxylic acids is 1. The van der Waals surface area contributed by atoms with Crippen LogP contribution in [0.5, 0.6) is 0 Å². The first-order chi connectivity index (χ1) is 8.99. The quantitative estimate of drug-likeness (QED) is 0.506. The second kappa shape index (κ2) is 8.18. The van der Waals surface area contributed by atoms with E-state index in [0.717, 1.165) is 3.57 Å². The van der Waals surface area contributed by atoms with Gasteiger partial charge in [0.15, 0.2) is 0 Å². The van der Waals surface area contributed by atoms with Gasteiger partial charge in [0, 0.05) is 10.1 Å². The Hall–Kier alpha value is -1.06. The summed E-state index contributed by atoms with van der Waals surface area (Å²) in [5.74, 6) is -1.05. The molecule has 0 aliphatic rings. The van der Waals surface area contributed by atoms with Crippen molar-refractivity contribution in [1.29, 1.82) is 0 Å². The van der Waals surface area contributed by atoms with Crippen molar-refractivity contribution in [3.05, 3.63) is 26.8 Å². The molecule has 0 bridgehead atoms. The Balaban J connectivity index is 2.29. The molecule has 0 saturated carbocycles. The van der Waals surface area contributed by atoms with E-state index in [1.165, 1.54) is 0 Å². The van der Waals surface area contributed by atoms with Gasteiger partial charge >= 0.3 is 12.0 Å². The third-order valence-electron chi connectivity index (χ3n) is 1.94. The van der Waals surface area contributed by atoms with Gasteiger partial charge in [0.25, 0.3) is 0 Å². The lowest BCUT2D eigenvalue weighted by atomic mass is 10.3. The van der Waals surface area contributed by atoms with E-state index < -0.39 is 12.0 Å². The van der Waals surface area contributed by atoms with Gasteiger partial charge in [0.05, 0.1) is 17.3 Å². The maximum absolute atomic E-state index is 11.5. The molecule has 2 amide bonds. The number of hydrogen-bond acceptors (Lipinski definition) is 3. The molecule has 0 fully saturated rings. The summed E-state index contributed by atoms with van der Waals surface area (Å²) in [4.78, 5) is 21.7. The SMILES string of the molecule is O=C(O)COCCNC(=O)Nc1ccc(I)cc1Cl. The normalized spacial score (nSPS) is 10.0. The first-order valence-electron chi connectivity index (χ1n) is 5.28. The number of amides is 2. The first kappa shape index (κ1) is 16.0. The fraction of sp³-hybridized carbons (Fsp3) is 0.273. The molecular weight excluding hydrogens is 386 g/mol. The van der Waals surface area contributed by atoms with Crippen LogP contribution in [0.15, 0.2) is 18.2 Å². The summed E-state index contributed by atoms with van der Waals surface area (Å²) in [6.07, 6.45) is 0. The Morgan fingerprint density at radius 3 is 2.79 bits per heavy atom. The van der Waals surface area contributed by atoms with Gasteiger partial charge in [-0.1, -0.05) is 11.6 Å². The maximum atomic E-state index is 11.5. The minimum atomic E-state index is -1.05. The van der Waals surface area contributed by atoms with Gasteiger partial charge in [-0.05, 0) is 40.8 Å². The number of urea groups is 1. The van der Waals surface area contributed by atoms with Crippen LogP contribution in [0.4, 0.5) is 10.5 Å². The monoisotopic (exact) mass is 398 g/mol. The van der Waals surface area contributed by atoms with Gasteiger partial charge in [-0.2, -0.15) is 0 Å². The molecule has 0 atom stereocenters. The molecule has 0 radical (unpaired) electrons. The molecule has 104 valence electrons. The summed E-state index contributed by atoms with van der Waals surface area (Å²) in [6.45, 7) is -0.0481. The number of aliphatic carboxylic acids is 1. The molecule has 0 unspecified atom stereocenters. The van der Waals surface area contributed by atoms with E-state index in [9.17, 15) is 9.59 Å². The smallest absolute Gasteiger partial charge is 0.329 e. The number of carboxylic acids is 1. The molecular formula is C11H12ClIN2O4. The molecule has 1 aromatic carbocycles. The van der Waals surface area contributed by atoms with Crippen molar-refractivity contribution in [2.75, 3.05) is 25.1 Å². The minimum absolute atomic E-state index is 0.125. The van der Waals surface area contributed by atoms with Crippen molar-refractivity contribution >= 4 is 51.9 Å². The summed E-state index contributed by atoms with van der Waals surface area (Å²) in [5.41, 5.74) is 0.506. The molecule has 0 aliphatic heterocycles. The lowest BCUT2D eigenvalue weighted by Gasteiger charge is -2.09. The van der Waals surface area contributed by atoms with E-state index >= 15 is 0 Å². The first-order valence-corrected chi connectivity index (χ1v) is 6.74. The van der Waals surface area contributed by atoms with Gasteiger partial charge in [-0.3, -0.25) is 0 Å². The number of ether oxygens (including phenoxy) is 1. The summed E-state index contributed by atoms with van der Waals surface area (Å²) in [5, 5.41) is 13.9. The second-order valence-corrected chi connectivity index (χ2v) is 5.10. The molecule has 0 aromatic heterocycles. The van der Waals surface area contributed by atoms with Crippen molar-refractivity contribution in [3.63, 3.8) is 0 Å². The van der Waals surface area contributed by atoms with E-state index in [0.29, 0.717) is 10.7 Å². The second-order valence-electron chi connectivity index (χ2n) is 3.45. The zero-order valence-corrected chi connectivity index (χ0v) is 12.7. The van der Waals surface area contributed by atoms with E-state index in [4.69, 9.17) is 21.4 Å². The number of benzene rings is 1. The van der Waals surface area contributed by atoms with Crippen LogP contribution in [-0.4, -0.2) is 36.9 Å². The zero-order valence-electron chi connectivity index (χ0n) is 9.78. The summed E-state index contributed by atoms with van der Waals surface area (Å²) >= 11 is 8.07. The van der Waals surface area contributed by atoms with Gasteiger partial charge in [-0.25, -0.2) is 9.59 Å². The third kappa shape index (κ3) is 6.60.